The molecule has 0 saturated heterocycles. The lowest BCUT2D eigenvalue weighted by Gasteiger charge is -2.08. The molecule has 2 heterocycles. The van der Waals surface area contributed by atoms with Gasteiger partial charge in [0.15, 0.2) is 0 Å². The van der Waals surface area contributed by atoms with Crippen molar-refractivity contribution < 1.29 is 17.6 Å². The molecule has 0 atom stereocenters. The van der Waals surface area contributed by atoms with E-state index < -0.39 is 15.9 Å². The summed E-state index contributed by atoms with van der Waals surface area (Å²) in [4.78, 5) is 12.2. The number of nitrogens with one attached hydrogen (secondary N) is 3. The minimum absolute atomic E-state index is 0.0101. The highest BCUT2D eigenvalue weighted by molar-refractivity contribution is 7.92. The van der Waals surface area contributed by atoms with Crippen molar-refractivity contribution in [1.82, 2.24) is 15.5 Å². The standard InChI is InChI=1S/C15H13ClN4O4S/c16-10-3-5-12(6-4-10)25(22,23)20-13-9-18-19-14(13)15(21)17-8-11-2-1-7-24-11/h1-7,9,20H,8H2,(H,17,21)(H,18,19). The second kappa shape index (κ2) is 6.99. The SMILES string of the molecule is O=C(NCc1ccco1)c1[nH]ncc1NS(=O)(=O)c1ccc(Cl)cc1. The summed E-state index contributed by atoms with van der Waals surface area (Å²) in [5, 5.41) is 9.22. The zero-order chi connectivity index (χ0) is 17.9. The number of anilines is 1. The number of carbonyl (C=O) groups excluding carboxylic acids is 1. The van der Waals surface area contributed by atoms with E-state index in [-0.39, 0.29) is 22.8 Å². The maximum atomic E-state index is 12.4. The number of sulfonamides is 1. The second-order valence-electron chi connectivity index (χ2n) is 4.98. The van der Waals surface area contributed by atoms with Crippen LogP contribution in [-0.4, -0.2) is 24.5 Å². The van der Waals surface area contributed by atoms with E-state index in [0.29, 0.717) is 10.8 Å². The van der Waals surface area contributed by atoms with Crippen LogP contribution in [0.2, 0.25) is 5.02 Å². The molecule has 0 unspecified atom stereocenters. The van der Waals surface area contributed by atoms with Crippen LogP contribution in [-0.2, 0) is 16.6 Å². The number of nitrogens with zero attached hydrogens (tertiary/aromatic N) is 1. The molecule has 0 aliphatic heterocycles. The van der Waals surface area contributed by atoms with E-state index in [0.717, 1.165) is 0 Å². The maximum Gasteiger partial charge on any atom is 0.271 e. The molecule has 1 amide bonds. The Balaban J connectivity index is 1.74. The number of furan rings is 1. The van der Waals surface area contributed by atoms with Gasteiger partial charge in [0, 0.05) is 5.02 Å². The van der Waals surface area contributed by atoms with Crippen molar-refractivity contribution in [1.29, 1.82) is 0 Å². The van der Waals surface area contributed by atoms with Gasteiger partial charge in [0.25, 0.3) is 15.9 Å². The van der Waals surface area contributed by atoms with E-state index in [1.807, 2.05) is 0 Å². The Labute approximate surface area is 148 Å². The summed E-state index contributed by atoms with van der Waals surface area (Å²) in [6.45, 7) is 0.161. The van der Waals surface area contributed by atoms with Crippen LogP contribution in [0.15, 0.2) is 58.2 Å². The number of rotatable bonds is 6. The van der Waals surface area contributed by atoms with Gasteiger partial charge in [-0.1, -0.05) is 11.6 Å². The van der Waals surface area contributed by atoms with Crippen molar-refractivity contribution in [3.05, 3.63) is 65.3 Å². The van der Waals surface area contributed by atoms with E-state index in [4.69, 9.17) is 16.0 Å². The first-order valence-electron chi connectivity index (χ1n) is 7.08. The highest BCUT2D eigenvalue weighted by atomic mass is 35.5. The molecular weight excluding hydrogens is 368 g/mol. The lowest BCUT2D eigenvalue weighted by atomic mass is 10.3. The van der Waals surface area contributed by atoms with Crippen molar-refractivity contribution in [3.63, 3.8) is 0 Å². The summed E-state index contributed by atoms with van der Waals surface area (Å²) < 4.78 is 32.2. The van der Waals surface area contributed by atoms with E-state index in [1.165, 1.54) is 36.7 Å². The Kier molecular flexibility index (Phi) is 4.77. The molecule has 8 nitrogen and oxygen atoms in total. The van der Waals surface area contributed by atoms with Gasteiger partial charge in [-0.3, -0.25) is 14.6 Å². The first-order chi connectivity index (χ1) is 12.0. The molecule has 3 N–H and O–H groups in total. The molecule has 130 valence electrons. The van der Waals surface area contributed by atoms with Gasteiger partial charge in [-0.25, -0.2) is 8.42 Å². The molecule has 0 fully saturated rings. The van der Waals surface area contributed by atoms with Crippen molar-refractivity contribution in [2.24, 2.45) is 0 Å². The van der Waals surface area contributed by atoms with Gasteiger partial charge < -0.3 is 9.73 Å². The molecule has 25 heavy (non-hydrogen) atoms. The van der Waals surface area contributed by atoms with E-state index in [2.05, 4.69) is 20.2 Å². The summed E-state index contributed by atoms with van der Waals surface area (Å²) in [6.07, 6.45) is 2.71. The van der Waals surface area contributed by atoms with Crippen molar-refractivity contribution in [3.8, 4) is 0 Å². The third-order valence-corrected chi connectivity index (χ3v) is 4.87. The first kappa shape index (κ1) is 17.1. The normalized spacial score (nSPS) is 11.2. The fourth-order valence-corrected chi connectivity index (χ4v) is 3.21. The van der Waals surface area contributed by atoms with E-state index >= 15 is 0 Å². The van der Waals surface area contributed by atoms with Crippen molar-refractivity contribution in [2.45, 2.75) is 11.4 Å². The Hall–Kier alpha value is -2.78. The Morgan fingerprint density at radius 2 is 2.00 bits per heavy atom. The molecule has 1 aromatic carbocycles. The molecule has 0 radical (unpaired) electrons. The lowest BCUT2D eigenvalue weighted by Crippen LogP contribution is -2.24. The summed E-state index contributed by atoms with van der Waals surface area (Å²) in [7, 11) is -3.88. The molecule has 3 aromatic rings. The number of hydrogen-bond acceptors (Lipinski definition) is 5. The first-order valence-corrected chi connectivity index (χ1v) is 8.94. The number of aromatic amines is 1. The molecule has 10 heteroatoms. The zero-order valence-corrected chi connectivity index (χ0v) is 14.3. The van der Waals surface area contributed by atoms with Gasteiger partial charge in [0.2, 0.25) is 0 Å². The fourth-order valence-electron chi connectivity index (χ4n) is 2.02. The highest BCUT2D eigenvalue weighted by Gasteiger charge is 2.20. The van der Waals surface area contributed by atoms with Crippen LogP contribution >= 0.6 is 11.6 Å². The van der Waals surface area contributed by atoms with Gasteiger partial charge >= 0.3 is 0 Å². The van der Waals surface area contributed by atoms with E-state index in [1.54, 1.807) is 12.1 Å². The van der Waals surface area contributed by atoms with Crippen molar-refractivity contribution in [2.75, 3.05) is 4.72 Å². The smallest absolute Gasteiger partial charge is 0.271 e. The quantitative estimate of drug-likeness (QED) is 0.607. The predicted octanol–water partition coefficient (Wildman–Crippen LogP) is 2.39. The van der Waals surface area contributed by atoms with Crippen LogP contribution in [0.5, 0.6) is 0 Å². The van der Waals surface area contributed by atoms with Crippen LogP contribution in [0.4, 0.5) is 5.69 Å². The number of carbonyl (C=O) groups is 1. The summed E-state index contributed by atoms with van der Waals surface area (Å²) in [6, 6.07) is 9.05. The average Bonchev–Trinajstić information content (AvgIpc) is 3.24. The summed E-state index contributed by atoms with van der Waals surface area (Å²) in [5.74, 6) is 0.0406. The molecular formula is C15H13ClN4O4S. The molecule has 0 spiro atoms. The fraction of sp³-hybridized carbons (Fsp3) is 0.0667. The van der Waals surface area contributed by atoms with Gasteiger partial charge in [-0.05, 0) is 36.4 Å². The van der Waals surface area contributed by atoms with Crippen molar-refractivity contribution >= 4 is 33.2 Å². The maximum absolute atomic E-state index is 12.4. The third-order valence-electron chi connectivity index (χ3n) is 3.24. The largest absolute Gasteiger partial charge is 0.467 e. The number of aromatic nitrogens is 2. The number of amides is 1. The second-order valence-corrected chi connectivity index (χ2v) is 7.10. The molecule has 3 rings (SSSR count). The van der Waals surface area contributed by atoms with Gasteiger partial charge in [0.05, 0.1) is 29.6 Å². The number of hydrogen-bond donors (Lipinski definition) is 3. The molecule has 0 saturated carbocycles. The number of benzene rings is 1. The molecule has 2 aromatic heterocycles. The van der Waals surface area contributed by atoms with Crippen LogP contribution < -0.4 is 10.0 Å². The minimum atomic E-state index is -3.88. The zero-order valence-electron chi connectivity index (χ0n) is 12.7. The predicted molar refractivity (Wildman–Crippen MR) is 90.7 cm³/mol. The molecule has 0 bridgehead atoms. The minimum Gasteiger partial charge on any atom is -0.467 e. The van der Waals surface area contributed by atoms with Crippen LogP contribution in [0, 0.1) is 0 Å². The van der Waals surface area contributed by atoms with Gasteiger partial charge in [-0.15, -0.1) is 0 Å². The Morgan fingerprint density at radius 3 is 2.68 bits per heavy atom. The van der Waals surface area contributed by atoms with E-state index in [9.17, 15) is 13.2 Å². The van der Waals surface area contributed by atoms with Crippen LogP contribution in [0.3, 0.4) is 0 Å². The topological polar surface area (TPSA) is 117 Å². The molecule has 0 aliphatic rings. The summed E-state index contributed by atoms with van der Waals surface area (Å²) >= 11 is 5.76. The Bertz CT molecular complexity index is 965. The third kappa shape index (κ3) is 4.01. The molecule has 0 aliphatic carbocycles. The van der Waals surface area contributed by atoms with Gasteiger partial charge in [-0.2, -0.15) is 5.10 Å². The number of halogens is 1. The number of H-pyrrole nitrogens is 1. The average molecular weight is 381 g/mol. The van der Waals surface area contributed by atoms with Crippen LogP contribution in [0.25, 0.3) is 0 Å². The highest BCUT2D eigenvalue weighted by Crippen LogP contribution is 2.20. The monoisotopic (exact) mass is 380 g/mol. The Morgan fingerprint density at radius 1 is 1.24 bits per heavy atom. The van der Waals surface area contributed by atoms with Gasteiger partial charge in [0.1, 0.15) is 11.5 Å². The lowest BCUT2D eigenvalue weighted by molar-refractivity contribution is 0.0944. The summed E-state index contributed by atoms with van der Waals surface area (Å²) in [5.41, 5.74) is 0.0241. The van der Waals surface area contributed by atoms with Crippen LogP contribution in [0.1, 0.15) is 16.2 Å².